The van der Waals surface area contributed by atoms with E-state index in [0.29, 0.717) is 18.8 Å². The molecule has 1 fully saturated rings. The highest BCUT2D eigenvalue weighted by atomic mass is 32.2. The minimum Gasteiger partial charge on any atom is -0.495 e. The number of nitrogens with zero attached hydrogens (tertiary/aromatic N) is 2. The largest absolute Gasteiger partial charge is 0.495 e. The van der Waals surface area contributed by atoms with Crippen molar-refractivity contribution < 1.29 is 17.9 Å². The van der Waals surface area contributed by atoms with Crippen LogP contribution in [0.1, 0.15) is 29.6 Å². The summed E-state index contributed by atoms with van der Waals surface area (Å²) in [4.78, 5) is 12.8. The number of fused-ring (bicyclic) bond motifs is 1. The third-order valence-corrected chi connectivity index (χ3v) is 7.67. The Labute approximate surface area is 173 Å². The summed E-state index contributed by atoms with van der Waals surface area (Å²) in [5.41, 5.74) is 0.879. The van der Waals surface area contributed by atoms with Gasteiger partial charge in [-0.1, -0.05) is 6.42 Å². The van der Waals surface area contributed by atoms with Crippen LogP contribution in [0, 0.1) is 0 Å². The van der Waals surface area contributed by atoms with Crippen molar-refractivity contribution >= 4 is 43.2 Å². The third kappa shape index (κ3) is 3.98. The molecule has 0 spiro atoms. The Morgan fingerprint density at radius 1 is 1.14 bits per heavy atom. The van der Waals surface area contributed by atoms with Crippen LogP contribution in [-0.4, -0.2) is 43.2 Å². The molecule has 1 aliphatic heterocycles. The lowest BCUT2D eigenvalue weighted by Crippen LogP contribution is -2.35. The quantitative estimate of drug-likeness (QED) is 0.665. The summed E-state index contributed by atoms with van der Waals surface area (Å²) in [6.07, 6.45) is 4.44. The first-order valence-corrected chi connectivity index (χ1v) is 11.5. The summed E-state index contributed by atoms with van der Waals surface area (Å²) in [5, 5.41) is 3.77. The van der Waals surface area contributed by atoms with Gasteiger partial charge in [-0.05, 0) is 60.8 Å². The second-order valence-corrected chi connectivity index (χ2v) is 9.60. The molecule has 4 rings (SSSR count). The van der Waals surface area contributed by atoms with Crippen molar-refractivity contribution in [2.75, 3.05) is 25.5 Å². The molecule has 0 saturated carbocycles. The van der Waals surface area contributed by atoms with E-state index in [0.717, 1.165) is 29.3 Å². The molecule has 29 heavy (non-hydrogen) atoms. The van der Waals surface area contributed by atoms with E-state index in [-0.39, 0.29) is 22.1 Å². The molecule has 9 heteroatoms. The molecule has 152 valence electrons. The van der Waals surface area contributed by atoms with Crippen LogP contribution in [0.3, 0.4) is 0 Å². The molecule has 0 unspecified atom stereocenters. The Bertz CT molecular complexity index is 1150. The van der Waals surface area contributed by atoms with E-state index in [1.807, 2.05) is 12.1 Å². The standard InChI is InChI=1S/C20H21N3O4S2/c1-27-17-7-5-14(12-19(17)29(25,26)23-9-3-2-4-10-23)20(24)22-16-6-8-18-15(11-16)13-21-28-18/h5-8,11-13H,2-4,9-10H2,1H3,(H,22,24). The van der Waals surface area contributed by atoms with Gasteiger partial charge in [0.2, 0.25) is 10.0 Å². The second-order valence-electron chi connectivity index (χ2n) is 6.86. The smallest absolute Gasteiger partial charge is 0.255 e. The van der Waals surface area contributed by atoms with Crippen molar-refractivity contribution in [1.29, 1.82) is 0 Å². The SMILES string of the molecule is COc1ccc(C(=O)Nc2ccc3sncc3c2)cc1S(=O)(=O)N1CCCCC1. The van der Waals surface area contributed by atoms with Gasteiger partial charge in [0, 0.05) is 35.9 Å². The number of sulfonamides is 1. The van der Waals surface area contributed by atoms with Gasteiger partial charge in [-0.3, -0.25) is 4.79 Å². The van der Waals surface area contributed by atoms with Gasteiger partial charge in [-0.15, -0.1) is 0 Å². The fourth-order valence-corrected chi connectivity index (χ4v) is 5.74. The summed E-state index contributed by atoms with van der Waals surface area (Å²) in [5.74, 6) is -0.150. The number of piperidine rings is 1. The first-order chi connectivity index (χ1) is 14.0. The second kappa shape index (κ2) is 8.10. The number of aromatic nitrogens is 1. The number of rotatable bonds is 5. The summed E-state index contributed by atoms with van der Waals surface area (Å²) >= 11 is 1.39. The number of anilines is 1. The maximum absolute atomic E-state index is 13.1. The van der Waals surface area contributed by atoms with Crippen LogP contribution in [-0.2, 0) is 10.0 Å². The first kappa shape index (κ1) is 19.8. The molecule has 7 nitrogen and oxygen atoms in total. The summed E-state index contributed by atoms with van der Waals surface area (Å²) in [6.45, 7) is 0.965. The van der Waals surface area contributed by atoms with E-state index in [4.69, 9.17) is 4.74 Å². The number of hydrogen-bond acceptors (Lipinski definition) is 6. The molecule has 1 aromatic heterocycles. The molecule has 0 radical (unpaired) electrons. The van der Waals surface area contributed by atoms with E-state index < -0.39 is 10.0 Å². The predicted octanol–water partition coefficient (Wildman–Crippen LogP) is 3.73. The van der Waals surface area contributed by atoms with Crippen LogP contribution in [0.5, 0.6) is 5.75 Å². The molecule has 1 saturated heterocycles. The zero-order valence-corrected chi connectivity index (χ0v) is 17.6. The fourth-order valence-electron chi connectivity index (χ4n) is 3.42. The lowest BCUT2D eigenvalue weighted by atomic mass is 10.2. The van der Waals surface area contributed by atoms with E-state index in [1.54, 1.807) is 18.3 Å². The Morgan fingerprint density at radius 3 is 2.69 bits per heavy atom. The van der Waals surface area contributed by atoms with Gasteiger partial charge in [-0.2, -0.15) is 8.68 Å². The van der Waals surface area contributed by atoms with E-state index in [1.165, 1.54) is 35.1 Å². The van der Waals surface area contributed by atoms with Gasteiger partial charge >= 0.3 is 0 Å². The molecular formula is C20H21N3O4S2. The van der Waals surface area contributed by atoms with Crippen molar-refractivity contribution in [3.63, 3.8) is 0 Å². The topological polar surface area (TPSA) is 88.6 Å². The van der Waals surface area contributed by atoms with Crippen molar-refractivity contribution in [3.8, 4) is 5.75 Å². The van der Waals surface area contributed by atoms with Gasteiger partial charge in [0.15, 0.2) is 0 Å². The Hall–Kier alpha value is -2.49. The number of benzene rings is 2. The minimum atomic E-state index is -3.73. The van der Waals surface area contributed by atoms with Crippen LogP contribution < -0.4 is 10.1 Å². The number of carbonyl (C=O) groups excluding carboxylic acids is 1. The van der Waals surface area contributed by atoms with Crippen LogP contribution in [0.4, 0.5) is 5.69 Å². The maximum Gasteiger partial charge on any atom is 0.255 e. The van der Waals surface area contributed by atoms with Gasteiger partial charge < -0.3 is 10.1 Å². The van der Waals surface area contributed by atoms with Crippen LogP contribution in [0.25, 0.3) is 10.1 Å². The predicted molar refractivity (Wildman–Crippen MR) is 113 cm³/mol. The Balaban J connectivity index is 1.63. The van der Waals surface area contributed by atoms with Crippen molar-refractivity contribution in [2.45, 2.75) is 24.2 Å². The number of ether oxygens (including phenoxy) is 1. The first-order valence-electron chi connectivity index (χ1n) is 9.33. The zero-order chi connectivity index (χ0) is 20.4. The molecule has 0 atom stereocenters. The van der Waals surface area contributed by atoms with Crippen LogP contribution in [0.2, 0.25) is 0 Å². The van der Waals surface area contributed by atoms with Gasteiger partial charge in [-0.25, -0.2) is 8.42 Å². The third-order valence-electron chi connectivity index (χ3n) is 4.97. The lowest BCUT2D eigenvalue weighted by molar-refractivity contribution is 0.102. The van der Waals surface area contributed by atoms with E-state index in [2.05, 4.69) is 9.69 Å². The monoisotopic (exact) mass is 431 g/mol. The fraction of sp³-hybridized carbons (Fsp3) is 0.300. The number of carbonyl (C=O) groups is 1. The molecule has 0 bridgehead atoms. The number of amides is 1. The average molecular weight is 432 g/mol. The minimum absolute atomic E-state index is 0.0204. The van der Waals surface area contributed by atoms with Crippen molar-refractivity contribution in [1.82, 2.24) is 8.68 Å². The highest BCUT2D eigenvalue weighted by molar-refractivity contribution is 7.89. The number of nitrogens with one attached hydrogen (secondary N) is 1. The molecule has 0 aliphatic carbocycles. The zero-order valence-electron chi connectivity index (χ0n) is 15.9. The summed E-state index contributed by atoms with van der Waals surface area (Å²) in [7, 11) is -2.31. The van der Waals surface area contributed by atoms with Gasteiger partial charge in [0.25, 0.3) is 5.91 Å². The van der Waals surface area contributed by atoms with Crippen molar-refractivity contribution in [2.24, 2.45) is 0 Å². The Morgan fingerprint density at radius 2 is 1.93 bits per heavy atom. The van der Waals surface area contributed by atoms with Gasteiger partial charge in [0.05, 0.1) is 11.8 Å². The van der Waals surface area contributed by atoms with Crippen LogP contribution >= 0.6 is 11.5 Å². The molecule has 1 N–H and O–H groups in total. The molecule has 1 amide bonds. The number of methoxy groups -OCH3 is 1. The highest BCUT2D eigenvalue weighted by Crippen LogP contribution is 2.30. The summed E-state index contributed by atoms with van der Waals surface area (Å²) in [6, 6.07) is 10.0. The van der Waals surface area contributed by atoms with Crippen LogP contribution in [0.15, 0.2) is 47.5 Å². The average Bonchev–Trinajstić information content (AvgIpc) is 3.21. The normalized spacial score (nSPS) is 15.3. The maximum atomic E-state index is 13.1. The summed E-state index contributed by atoms with van der Waals surface area (Å²) < 4.78 is 38.1. The van der Waals surface area contributed by atoms with E-state index in [9.17, 15) is 13.2 Å². The molecule has 2 heterocycles. The Kier molecular flexibility index (Phi) is 5.53. The molecule has 2 aromatic carbocycles. The molecular weight excluding hydrogens is 410 g/mol. The lowest BCUT2D eigenvalue weighted by Gasteiger charge is -2.26. The number of hydrogen-bond donors (Lipinski definition) is 1. The molecule has 1 aliphatic rings. The van der Waals surface area contributed by atoms with E-state index >= 15 is 0 Å². The van der Waals surface area contributed by atoms with Crippen molar-refractivity contribution in [3.05, 3.63) is 48.2 Å². The highest BCUT2D eigenvalue weighted by Gasteiger charge is 2.29. The van der Waals surface area contributed by atoms with Gasteiger partial charge in [0.1, 0.15) is 10.6 Å². The molecule has 3 aromatic rings.